The summed E-state index contributed by atoms with van der Waals surface area (Å²) in [7, 11) is 0. The third-order valence-corrected chi connectivity index (χ3v) is 4.60. The van der Waals surface area contributed by atoms with Crippen molar-refractivity contribution in [3.8, 4) is 0 Å². The van der Waals surface area contributed by atoms with Crippen molar-refractivity contribution in [2.45, 2.75) is 69.7 Å². The molecule has 0 unspecified atom stereocenters. The van der Waals surface area contributed by atoms with Crippen molar-refractivity contribution < 1.29 is 4.52 Å². The van der Waals surface area contributed by atoms with E-state index in [2.05, 4.69) is 10.1 Å². The van der Waals surface area contributed by atoms with Gasteiger partial charge in [0.1, 0.15) is 0 Å². The summed E-state index contributed by atoms with van der Waals surface area (Å²) in [6.07, 6.45) is 12.0. The van der Waals surface area contributed by atoms with Crippen LogP contribution in [0.25, 0.3) is 0 Å². The molecule has 0 aromatic carbocycles. The van der Waals surface area contributed by atoms with Crippen LogP contribution in [0.5, 0.6) is 0 Å². The zero-order valence-electron chi connectivity index (χ0n) is 11.4. The van der Waals surface area contributed by atoms with Gasteiger partial charge in [0, 0.05) is 6.42 Å². The van der Waals surface area contributed by atoms with Crippen LogP contribution in [-0.4, -0.2) is 10.1 Å². The average Bonchev–Trinajstić information content (AvgIpc) is 3.01. The molecule has 4 nitrogen and oxygen atoms in total. The molecule has 2 saturated carbocycles. The van der Waals surface area contributed by atoms with E-state index < -0.39 is 0 Å². The predicted octanol–water partition coefficient (Wildman–Crippen LogP) is 3.34. The molecule has 5 heteroatoms. The van der Waals surface area contributed by atoms with Crippen molar-refractivity contribution >= 4 is 12.4 Å². The minimum absolute atomic E-state index is 0. The predicted molar refractivity (Wildman–Crippen MR) is 76.2 cm³/mol. The van der Waals surface area contributed by atoms with Gasteiger partial charge in [-0.2, -0.15) is 4.98 Å². The quantitative estimate of drug-likeness (QED) is 0.925. The van der Waals surface area contributed by atoms with Gasteiger partial charge in [-0.25, -0.2) is 0 Å². The highest BCUT2D eigenvalue weighted by molar-refractivity contribution is 5.85. The lowest BCUT2D eigenvalue weighted by Crippen LogP contribution is -2.34. The Hall–Kier alpha value is -0.610. The lowest BCUT2D eigenvalue weighted by molar-refractivity contribution is 0.300. The van der Waals surface area contributed by atoms with Gasteiger partial charge in [0.05, 0.1) is 5.54 Å². The lowest BCUT2D eigenvalue weighted by Gasteiger charge is -2.19. The maximum Gasteiger partial charge on any atom is 0.226 e. The normalized spacial score (nSPS) is 23.2. The first-order chi connectivity index (χ1) is 8.76. The molecule has 1 aromatic rings. The first-order valence-electron chi connectivity index (χ1n) is 7.38. The molecule has 0 spiro atoms. The van der Waals surface area contributed by atoms with Gasteiger partial charge in [-0.1, -0.05) is 37.3 Å². The largest absolute Gasteiger partial charge is 0.339 e. The van der Waals surface area contributed by atoms with E-state index in [4.69, 9.17) is 10.3 Å². The fraction of sp³-hybridized carbons (Fsp3) is 0.857. The van der Waals surface area contributed by atoms with Gasteiger partial charge >= 0.3 is 0 Å². The summed E-state index contributed by atoms with van der Waals surface area (Å²) >= 11 is 0. The summed E-state index contributed by atoms with van der Waals surface area (Å²) in [4.78, 5) is 4.56. The molecule has 0 bridgehead atoms. The van der Waals surface area contributed by atoms with Crippen molar-refractivity contribution in [3.05, 3.63) is 11.7 Å². The van der Waals surface area contributed by atoms with Crippen LogP contribution in [0.4, 0.5) is 0 Å². The maximum absolute atomic E-state index is 6.34. The highest BCUT2D eigenvalue weighted by Crippen LogP contribution is 2.35. The Morgan fingerprint density at radius 3 is 2.47 bits per heavy atom. The third-order valence-electron chi connectivity index (χ3n) is 4.60. The molecule has 0 atom stereocenters. The van der Waals surface area contributed by atoms with Crippen molar-refractivity contribution in [2.24, 2.45) is 11.7 Å². The van der Waals surface area contributed by atoms with E-state index in [0.717, 1.165) is 36.9 Å². The molecule has 19 heavy (non-hydrogen) atoms. The number of rotatable bonds is 3. The molecule has 0 aliphatic heterocycles. The van der Waals surface area contributed by atoms with Crippen LogP contribution in [0, 0.1) is 5.92 Å². The fourth-order valence-electron chi connectivity index (χ4n) is 3.41. The third kappa shape index (κ3) is 3.29. The Morgan fingerprint density at radius 1 is 1.11 bits per heavy atom. The standard InChI is InChI=1S/C14H23N3O.ClH/c15-14(8-4-5-9-14)13-16-12(18-17-13)10-11-6-2-1-3-7-11;/h11H,1-10,15H2;1H. The minimum atomic E-state index is -0.311. The molecule has 3 rings (SSSR count). The molecule has 0 amide bonds. The molecule has 1 aromatic heterocycles. The highest BCUT2D eigenvalue weighted by atomic mass is 35.5. The number of aromatic nitrogens is 2. The van der Waals surface area contributed by atoms with Crippen LogP contribution >= 0.6 is 12.4 Å². The first-order valence-corrected chi connectivity index (χ1v) is 7.38. The second-order valence-corrected chi connectivity index (χ2v) is 6.08. The van der Waals surface area contributed by atoms with Gasteiger partial charge < -0.3 is 10.3 Å². The molecule has 2 aliphatic carbocycles. The number of hydrogen-bond acceptors (Lipinski definition) is 4. The Labute approximate surface area is 120 Å². The van der Waals surface area contributed by atoms with Crippen LogP contribution in [0.1, 0.15) is 69.5 Å². The molecule has 0 radical (unpaired) electrons. The number of nitrogens with zero attached hydrogens (tertiary/aromatic N) is 2. The summed E-state index contributed by atoms with van der Waals surface area (Å²) in [5.74, 6) is 2.28. The monoisotopic (exact) mass is 285 g/mol. The van der Waals surface area contributed by atoms with Crippen LogP contribution < -0.4 is 5.73 Å². The molecule has 2 N–H and O–H groups in total. The smallest absolute Gasteiger partial charge is 0.226 e. The van der Waals surface area contributed by atoms with E-state index in [1.54, 1.807) is 0 Å². The topological polar surface area (TPSA) is 64.9 Å². The highest BCUT2D eigenvalue weighted by Gasteiger charge is 2.36. The summed E-state index contributed by atoms with van der Waals surface area (Å²) in [6, 6.07) is 0. The lowest BCUT2D eigenvalue weighted by atomic mass is 9.87. The van der Waals surface area contributed by atoms with Gasteiger partial charge in [-0.15, -0.1) is 12.4 Å². The second kappa shape index (κ2) is 6.23. The Bertz CT molecular complexity index is 395. The van der Waals surface area contributed by atoms with E-state index in [0.29, 0.717) is 0 Å². The molecule has 2 aliphatic rings. The van der Waals surface area contributed by atoms with Crippen molar-refractivity contribution in [2.75, 3.05) is 0 Å². The Balaban J connectivity index is 0.00000133. The summed E-state index contributed by atoms with van der Waals surface area (Å²) in [5, 5.41) is 4.12. The van der Waals surface area contributed by atoms with Crippen LogP contribution in [0.15, 0.2) is 4.52 Å². The first kappa shape index (κ1) is 14.8. The van der Waals surface area contributed by atoms with E-state index in [9.17, 15) is 0 Å². The Kier molecular flexibility index (Phi) is 4.85. The van der Waals surface area contributed by atoms with Gasteiger partial charge in [0.15, 0.2) is 5.82 Å². The molecule has 2 fully saturated rings. The molecular formula is C14H24ClN3O. The average molecular weight is 286 g/mol. The van der Waals surface area contributed by atoms with E-state index in [1.165, 1.54) is 44.9 Å². The van der Waals surface area contributed by atoms with Crippen LogP contribution in [0.2, 0.25) is 0 Å². The zero-order chi connectivity index (χ0) is 12.4. The molecule has 1 heterocycles. The number of hydrogen-bond donors (Lipinski definition) is 1. The van der Waals surface area contributed by atoms with Gasteiger partial charge in [0.2, 0.25) is 5.89 Å². The van der Waals surface area contributed by atoms with Crippen LogP contribution in [-0.2, 0) is 12.0 Å². The van der Waals surface area contributed by atoms with Gasteiger partial charge in [0.25, 0.3) is 0 Å². The number of halogens is 1. The maximum atomic E-state index is 6.34. The Morgan fingerprint density at radius 2 is 1.79 bits per heavy atom. The van der Waals surface area contributed by atoms with E-state index in [1.807, 2.05) is 0 Å². The molecule has 108 valence electrons. The van der Waals surface area contributed by atoms with E-state index >= 15 is 0 Å². The summed E-state index contributed by atoms with van der Waals surface area (Å²) in [6.45, 7) is 0. The van der Waals surface area contributed by atoms with Gasteiger partial charge in [-0.3, -0.25) is 0 Å². The SMILES string of the molecule is Cl.NC1(c2noc(CC3CCCCC3)n2)CCCC1. The molecular weight excluding hydrogens is 262 g/mol. The zero-order valence-corrected chi connectivity index (χ0v) is 12.3. The van der Waals surface area contributed by atoms with Crippen LogP contribution in [0.3, 0.4) is 0 Å². The second-order valence-electron chi connectivity index (χ2n) is 6.08. The van der Waals surface area contributed by atoms with Crippen molar-refractivity contribution in [1.82, 2.24) is 10.1 Å². The molecule has 0 saturated heterocycles. The summed E-state index contributed by atoms with van der Waals surface area (Å²) < 4.78 is 5.40. The van der Waals surface area contributed by atoms with Crippen molar-refractivity contribution in [1.29, 1.82) is 0 Å². The van der Waals surface area contributed by atoms with Gasteiger partial charge in [-0.05, 0) is 31.6 Å². The number of nitrogens with two attached hydrogens (primary N) is 1. The fourth-order valence-corrected chi connectivity index (χ4v) is 3.41. The summed E-state index contributed by atoms with van der Waals surface area (Å²) in [5.41, 5.74) is 6.03. The minimum Gasteiger partial charge on any atom is -0.339 e. The van der Waals surface area contributed by atoms with Crippen molar-refractivity contribution in [3.63, 3.8) is 0 Å². The van der Waals surface area contributed by atoms with E-state index in [-0.39, 0.29) is 17.9 Å².